The minimum absolute atomic E-state index is 0.245. The van der Waals surface area contributed by atoms with E-state index in [2.05, 4.69) is 15.4 Å². The first-order valence-corrected chi connectivity index (χ1v) is 8.40. The van der Waals surface area contributed by atoms with E-state index in [0.717, 1.165) is 28.6 Å². The molecule has 0 unspecified atom stereocenters. The van der Waals surface area contributed by atoms with Crippen molar-refractivity contribution in [2.24, 2.45) is 0 Å². The fraction of sp³-hybridized carbons (Fsp3) is 0.100. The van der Waals surface area contributed by atoms with Gasteiger partial charge in [0.05, 0.1) is 6.54 Å². The highest BCUT2D eigenvalue weighted by molar-refractivity contribution is 5.92. The third kappa shape index (κ3) is 3.72. The van der Waals surface area contributed by atoms with Crippen LogP contribution in [0.3, 0.4) is 0 Å². The molecule has 0 aliphatic rings. The lowest BCUT2D eigenvalue weighted by molar-refractivity contribution is 0.0945. The van der Waals surface area contributed by atoms with Crippen molar-refractivity contribution in [1.29, 1.82) is 0 Å². The number of halogens is 2. The van der Waals surface area contributed by atoms with Crippen LogP contribution in [-0.2, 0) is 13.1 Å². The van der Waals surface area contributed by atoms with Gasteiger partial charge in [-0.3, -0.25) is 9.48 Å². The Morgan fingerprint density at radius 1 is 1.04 bits per heavy atom. The maximum Gasteiger partial charge on any atom is 0.272 e. The number of nitrogens with one attached hydrogen (secondary N) is 2. The average molecular weight is 366 g/mol. The lowest BCUT2D eigenvalue weighted by Gasteiger charge is -2.05. The molecule has 0 aliphatic carbocycles. The van der Waals surface area contributed by atoms with Gasteiger partial charge in [0, 0.05) is 24.5 Å². The van der Waals surface area contributed by atoms with Gasteiger partial charge in [-0.15, -0.1) is 0 Å². The lowest BCUT2D eigenvalue weighted by atomic mass is 10.1. The molecule has 27 heavy (non-hydrogen) atoms. The zero-order valence-corrected chi connectivity index (χ0v) is 14.2. The number of aromatic amines is 1. The molecule has 4 aromatic rings. The predicted molar refractivity (Wildman–Crippen MR) is 97.2 cm³/mol. The molecule has 7 heteroatoms. The van der Waals surface area contributed by atoms with Crippen molar-refractivity contribution in [3.63, 3.8) is 0 Å². The van der Waals surface area contributed by atoms with E-state index in [-0.39, 0.29) is 18.1 Å². The summed E-state index contributed by atoms with van der Waals surface area (Å²) < 4.78 is 27.8. The van der Waals surface area contributed by atoms with Gasteiger partial charge < -0.3 is 10.3 Å². The number of nitrogens with zero attached hydrogens (tertiary/aromatic N) is 2. The van der Waals surface area contributed by atoms with Crippen molar-refractivity contribution >= 4 is 16.8 Å². The van der Waals surface area contributed by atoms with Gasteiger partial charge in [-0.25, -0.2) is 8.78 Å². The standard InChI is InChI=1S/C20H16F2N4O/c21-16-3-1-14(10-17(16)22)12-26-8-6-19(25-26)20(27)24-11-13-2-4-18-15(9-13)5-7-23-18/h1-10,23H,11-12H2,(H,24,27). The van der Waals surface area contributed by atoms with Crippen molar-refractivity contribution in [2.75, 3.05) is 0 Å². The van der Waals surface area contributed by atoms with Crippen LogP contribution in [0.2, 0.25) is 0 Å². The fourth-order valence-corrected chi connectivity index (χ4v) is 2.88. The fourth-order valence-electron chi connectivity index (χ4n) is 2.88. The number of aromatic nitrogens is 3. The molecule has 2 heterocycles. The predicted octanol–water partition coefficient (Wildman–Crippen LogP) is 3.62. The van der Waals surface area contributed by atoms with Gasteiger partial charge in [-0.05, 0) is 52.9 Å². The smallest absolute Gasteiger partial charge is 0.272 e. The molecule has 0 spiro atoms. The Kier molecular flexibility index (Phi) is 4.42. The first-order valence-electron chi connectivity index (χ1n) is 8.40. The molecular formula is C20H16F2N4O. The van der Waals surface area contributed by atoms with Crippen LogP contribution in [0.25, 0.3) is 10.9 Å². The monoisotopic (exact) mass is 366 g/mol. The van der Waals surface area contributed by atoms with E-state index in [0.29, 0.717) is 12.1 Å². The number of amides is 1. The molecular weight excluding hydrogens is 350 g/mol. The molecule has 4 rings (SSSR count). The highest BCUT2D eigenvalue weighted by Crippen LogP contribution is 2.14. The van der Waals surface area contributed by atoms with E-state index in [1.807, 2.05) is 30.5 Å². The minimum Gasteiger partial charge on any atom is -0.361 e. The van der Waals surface area contributed by atoms with Crippen LogP contribution in [0.4, 0.5) is 8.78 Å². The molecule has 1 amide bonds. The summed E-state index contributed by atoms with van der Waals surface area (Å²) >= 11 is 0. The molecule has 2 aromatic carbocycles. The second-order valence-corrected chi connectivity index (χ2v) is 6.23. The largest absolute Gasteiger partial charge is 0.361 e. The van der Waals surface area contributed by atoms with E-state index in [9.17, 15) is 13.6 Å². The van der Waals surface area contributed by atoms with Crippen molar-refractivity contribution in [1.82, 2.24) is 20.1 Å². The number of rotatable bonds is 5. The second-order valence-electron chi connectivity index (χ2n) is 6.23. The highest BCUT2D eigenvalue weighted by atomic mass is 19.2. The Labute approximate surface area is 153 Å². The van der Waals surface area contributed by atoms with Crippen LogP contribution < -0.4 is 5.32 Å². The van der Waals surface area contributed by atoms with Crippen molar-refractivity contribution in [3.8, 4) is 0 Å². The molecule has 0 bridgehead atoms. The quantitative estimate of drug-likeness (QED) is 0.567. The number of benzene rings is 2. The Hall–Kier alpha value is -3.48. The van der Waals surface area contributed by atoms with Gasteiger partial charge in [-0.1, -0.05) is 12.1 Å². The summed E-state index contributed by atoms with van der Waals surface area (Å²) in [4.78, 5) is 15.4. The lowest BCUT2D eigenvalue weighted by Crippen LogP contribution is -2.23. The maximum atomic E-state index is 13.3. The summed E-state index contributed by atoms with van der Waals surface area (Å²) in [6.07, 6.45) is 3.49. The Balaban J connectivity index is 1.39. The second kappa shape index (κ2) is 7.03. The number of H-pyrrole nitrogens is 1. The van der Waals surface area contributed by atoms with Crippen molar-refractivity contribution in [3.05, 3.63) is 89.4 Å². The summed E-state index contributed by atoms with van der Waals surface area (Å²) in [5.74, 6) is -2.10. The molecule has 0 atom stereocenters. The maximum absolute atomic E-state index is 13.3. The summed E-state index contributed by atoms with van der Waals surface area (Å²) in [7, 11) is 0. The molecule has 5 nitrogen and oxygen atoms in total. The van der Waals surface area contributed by atoms with Crippen molar-refractivity contribution < 1.29 is 13.6 Å². The molecule has 2 N–H and O–H groups in total. The summed E-state index contributed by atoms with van der Waals surface area (Å²) in [5.41, 5.74) is 2.85. The number of hydrogen-bond donors (Lipinski definition) is 2. The number of carbonyl (C=O) groups is 1. The third-order valence-corrected chi connectivity index (χ3v) is 4.27. The van der Waals surface area contributed by atoms with Gasteiger partial charge in [0.1, 0.15) is 5.69 Å². The molecule has 0 fully saturated rings. The van der Waals surface area contributed by atoms with Gasteiger partial charge in [0.15, 0.2) is 11.6 Å². The summed E-state index contributed by atoms with van der Waals surface area (Å²) in [6, 6.07) is 13.2. The van der Waals surface area contributed by atoms with Crippen molar-refractivity contribution in [2.45, 2.75) is 13.1 Å². The third-order valence-electron chi connectivity index (χ3n) is 4.27. The topological polar surface area (TPSA) is 62.7 Å². The van der Waals surface area contributed by atoms with E-state index in [1.165, 1.54) is 10.7 Å². The highest BCUT2D eigenvalue weighted by Gasteiger charge is 2.10. The molecule has 2 aromatic heterocycles. The zero-order valence-electron chi connectivity index (χ0n) is 14.2. The first kappa shape index (κ1) is 17.0. The van der Waals surface area contributed by atoms with Crippen LogP contribution in [0.5, 0.6) is 0 Å². The number of hydrogen-bond acceptors (Lipinski definition) is 2. The molecule has 0 saturated carbocycles. The van der Waals surface area contributed by atoms with E-state index in [4.69, 9.17) is 0 Å². The van der Waals surface area contributed by atoms with Gasteiger partial charge in [0.25, 0.3) is 5.91 Å². The zero-order chi connectivity index (χ0) is 18.8. The van der Waals surface area contributed by atoms with Crippen LogP contribution in [0, 0.1) is 11.6 Å². The molecule has 0 saturated heterocycles. The van der Waals surface area contributed by atoms with Gasteiger partial charge in [-0.2, -0.15) is 5.10 Å². The number of fused-ring (bicyclic) bond motifs is 1. The van der Waals surface area contributed by atoms with Crippen LogP contribution in [0.1, 0.15) is 21.6 Å². The SMILES string of the molecule is O=C(NCc1ccc2[nH]ccc2c1)c1ccn(Cc2ccc(F)c(F)c2)n1. The normalized spacial score (nSPS) is 11.0. The summed E-state index contributed by atoms with van der Waals surface area (Å²) in [5, 5.41) is 8.11. The van der Waals surface area contributed by atoms with Gasteiger partial charge in [0.2, 0.25) is 0 Å². The molecule has 0 aliphatic heterocycles. The average Bonchev–Trinajstić information content (AvgIpc) is 3.31. The van der Waals surface area contributed by atoms with Crippen LogP contribution >= 0.6 is 0 Å². The Bertz CT molecular complexity index is 1120. The number of carbonyl (C=O) groups excluding carboxylic acids is 1. The first-order chi connectivity index (χ1) is 13.1. The molecule has 0 radical (unpaired) electrons. The molecule has 136 valence electrons. The van der Waals surface area contributed by atoms with Gasteiger partial charge >= 0.3 is 0 Å². The minimum atomic E-state index is -0.906. The van der Waals surface area contributed by atoms with Crippen LogP contribution in [0.15, 0.2) is 60.9 Å². The van der Waals surface area contributed by atoms with E-state index < -0.39 is 11.6 Å². The Morgan fingerprint density at radius 2 is 1.89 bits per heavy atom. The van der Waals surface area contributed by atoms with Crippen LogP contribution in [-0.4, -0.2) is 20.7 Å². The summed E-state index contributed by atoms with van der Waals surface area (Å²) in [6.45, 7) is 0.630. The van der Waals surface area contributed by atoms with E-state index in [1.54, 1.807) is 12.3 Å². The van der Waals surface area contributed by atoms with E-state index >= 15 is 0 Å². The Morgan fingerprint density at radius 3 is 2.74 bits per heavy atom.